The zero-order valence-corrected chi connectivity index (χ0v) is 11.2. The van der Waals surface area contributed by atoms with Gasteiger partial charge in [0.1, 0.15) is 5.75 Å². The summed E-state index contributed by atoms with van der Waals surface area (Å²) >= 11 is 0. The van der Waals surface area contributed by atoms with Crippen molar-refractivity contribution in [3.63, 3.8) is 0 Å². The van der Waals surface area contributed by atoms with Crippen LogP contribution in [-0.4, -0.2) is 9.79 Å². The summed E-state index contributed by atoms with van der Waals surface area (Å²) in [6.45, 7) is 4.17. The number of hydrogen-bond donors (Lipinski definition) is 2. The summed E-state index contributed by atoms with van der Waals surface area (Å²) in [4.78, 5) is 18.2. The normalized spacial score (nSPS) is 15.6. The van der Waals surface area contributed by atoms with Crippen LogP contribution in [0, 0.1) is 5.92 Å². The van der Waals surface area contributed by atoms with Crippen molar-refractivity contribution >= 4 is 8.60 Å². The quantitative estimate of drug-likeness (QED) is 0.792. The predicted molar refractivity (Wildman–Crippen MR) is 68.9 cm³/mol. The van der Waals surface area contributed by atoms with Gasteiger partial charge in [0.05, 0.1) is 0 Å². The lowest BCUT2D eigenvalue weighted by Gasteiger charge is -2.17. The van der Waals surface area contributed by atoms with E-state index < -0.39 is 8.60 Å². The van der Waals surface area contributed by atoms with E-state index in [0.29, 0.717) is 11.7 Å². The van der Waals surface area contributed by atoms with Crippen LogP contribution in [0.2, 0.25) is 0 Å². The molecule has 1 aliphatic rings. The average Bonchev–Trinajstić information content (AvgIpc) is 3.03. The molecule has 1 fully saturated rings. The molecule has 4 heteroatoms. The van der Waals surface area contributed by atoms with E-state index in [0.717, 1.165) is 23.5 Å². The van der Waals surface area contributed by atoms with Gasteiger partial charge < -0.3 is 14.3 Å². The minimum atomic E-state index is -2.34. The molecule has 1 aliphatic carbocycles. The van der Waals surface area contributed by atoms with Crippen molar-refractivity contribution in [3.8, 4) is 5.75 Å². The second-order valence-corrected chi connectivity index (χ2v) is 5.67. The molecule has 0 atom stereocenters. The van der Waals surface area contributed by atoms with Gasteiger partial charge in [-0.05, 0) is 42.2 Å². The van der Waals surface area contributed by atoms with Gasteiger partial charge in [-0.2, -0.15) is 0 Å². The highest BCUT2D eigenvalue weighted by Crippen LogP contribution is 2.41. The highest BCUT2D eigenvalue weighted by Gasteiger charge is 2.25. The predicted octanol–water partition coefficient (Wildman–Crippen LogP) is 3.35. The van der Waals surface area contributed by atoms with Crippen LogP contribution >= 0.6 is 8.60 Å². The van der Waals surface area contributed by atoms with E-state index in [-0.39, 0.29) is 0 Å². The lowest BCUT2D eigenvalue weighted by Crippen LogP contribution is -2.00. The first-order valence-electron chi connectivity index (χ1n) is 6.05. The molecule has 2 N–H and O–H groups in total. The molecule has 1 saturated carbocycles. The molecule has 1 aromatic carbocycles. The fraction of sp³-hybridized carbons (Fsp3) is 0.538. The smallest absolute Gasteiger partial charge is 0.391 e. The largest absolute Gasteiger partial charge is 0.426 e. The van der Waals surface area contributed by atoms with Crippen molar-refractivity contribution in [3.05, 3.63) is 29.3 Å². The van der Waals surface area contributed by atoms with E-state index in [1.54, 1.807) is 0 Å². The van der Waals surface area contributed by atoms with Crippen molar-refractivity contribution in [2.75, 3.05) is 0 Å². The molecular weight excluding hydrogens is 235 g/mol. The van der Waals surface area contributed by atoms with E-state index in [2.05, 4.69) is 13.8 Å². The van der Waals surface area contributed by atoms with E-state index in [4.69, 9.17) is 14.3 Å². The molecule has 17 heavy (non-hydrogen) atoms. The zero-order chi connectivity index (χ0) is 12.4. The molecule has 0 unspecified atom stereocenters. The molecule has 0 heterocycles. The minimum Gasteiger partial charge on any atom is -0.426 e. The second-order valence-electron chi connectivity index (χ2n) is 4.98. The zero-order valence-electron chi connectivity index (χ0n) is 10.3. The first kappa shape index (κ1) is 12.8. The molecule has 0 bridgehead atoms. The van der Waals surface area contributed by atoms with Gasteiger partial charge in [0.2, 0.25) is 0 Å². The van der Waals surface area contributed by atoms with Crippen LogP contribution in [0.15, 0.2) is 18.2 Å². The Morgan fingerprint density at radius 2 is 2.06 bits per heavy atom. The van der Waals surface area contributed by atoms with Crippen molar-refractivity contribution in [2.45, 2.75) is 39.0 Å². The Labute approximate surface area is 103 Å². The van der Waals surface area contributed by atoms with Crippen LogP contribution in [0.5, 0.6) is 5.75 Å². The van der Waals surface area contributed by atoms with Crippen LogP contribution < -0.4 is 4.52 Å². The maximum absolute atomic E-state index is 9.08. The van der Waals surface area contributed by atoms with Gasteiger partial charge in [0.15, 0.2) is 0 Å². The van der Waals surface area contributed by atoms with Crippen LogP contribution in [0.1, 0.15) is 43.7 Å². The SMILES string of the molecule is CC(C)c1cccc(CC2CC2)c1OP(O)O. The molecule has 94 valence electrons. The van der Waals surface area contributed by atoms with Gasteiger partial charge in [-0.25, -0.2) is 0 Å². The molecule has 1 aromatic rings. The van der Waals surface area contributed by atoms with Crippen molar-refractivity contribution in [1.82, 2.24) is 0 Å². The Morgan fingerprint density at radius 3 is 2.59 bits per heavy atom. The summed E-state index contributed by atoms with van der Waals surface area (Å²) in [5.41, 5.74) is 2.16. The summed E-state index contributed by atoms with van der Waals surface area (Å²) in [5.74, 6) is 1.76. The highest BCUT2D eigenvalue weighted by molar-refractivity contribution is 7.39. The number of rotatable bonds is 5. The van der Waals surface area contributed by atoms with Crippen molar-refractivity contribution in [2.24, 2.45) is 5.92 Å². The Morgan fingerprint density at radius 1 is 1.35 bits per heavy atom. The average molecular weight is 254 g/mol. The Balaban J connectivity index is 2.30. The Kier molecular flexibility index (Phi) is 4.03. The van der Waals surface area contributed by atoms with Gasteiger partial charge in [0, 0.05) is 0 Å². The fourth-order valence-corrected chi connectivity index (χ4v) is 2.43. The maximum atomic E-state index is 9.08. The number of para-hydroxylation sites is 1. The summed E-state index contributed by atoms with van der Waals surface area (Å²) in [6.07, 6.45) is 3.54. The molecule has 0 amide bonds. The summed E-state index contributed by atoms with van der Waals surface area (Å²) in [6, 6.07) is 6.05. The van der Waals surface area contributed by atoms with Crippen LogP contribution in [0.3, 0.4) is 0 Å². The molecule has 0 aliphatic heterocycles. The first-order valence-corrected chi connectivity index (χ1v) is 7.22. The Bertz CT molecular complexity index is 386. The monoisotopic (exact) mass is 254 g/mol. The van der Waals surface area contributed by atoms with E-state index in [9.17, 15) is 0 Å². The highest BCUT2D eigenvalue weighted by atomic mass is 31.2. The summed E-state index contributed by atoms with van der Waals surface area (Å²) in [5, 5.41) is 0. The van der Waals surface area contributed by atoms with Gasteiger partial charge in [0.25, 0.3) is 0 Å². The van der Waals surface area contributed by atoms with Crippen LogP contribution in [0.25, 0.3) is 0 Å². The van der Waals surface area contributed by atoms with E-state index >= 15 is 0 Å². The molecular formula is C13H19O3P. The van der Waals surface area contributed by atoms with Gasteiger partial charge in [-0.15, -0.1) is 0 Å². The number of benzene rings is 1. The third-order valence-electron chi connectivity index (χ3n) is 3.13. The van der Waals surface area contributed by atoms with Crippen molar-refractivity contribution in [1.29, 1.82) is 0 Å². The summed E-state index contributed by atoms with van der Waals surface area (Å²) in [7, 11) is -2.34. The lowest BCUT2D eigenvalue weighted by atomic mass is 9.97. The van der Waals surface area contributed by atoms with Crippen LogP contribution in [0.4, 0.5) is 0 Å². The van der Waals surface area contributed by atoms with Crippen LogP contribution in [-0.2, 0) is 6.42 Å². The third-order valence-corrected chi connectivity index (χ3v) is 3.47. The van der Waals surface area contributed by atoms with Crippen molar-refractivity contribution < 1.29 is 14.3 Å². The standard InChI is InChI=1S/C13H19O3P/c1-9(2)12-5-3-4-11(8-10-6-7-10)13(12)16-17(14)15/h3-5,9-10,14-15H,6-8H2,1-2H3. The topological polar surface area (TPSA) is 49.7 Å². The van der Waals surface area contributed by atoms with Gasteiger partial charge in [-0.3, -0.25) is 0 Å². The summed E-state index contributed by atoms with van der Waals surface area (Å²) < 4.78 is 5.24. The molecule has 2 rings (SSSR count). The molecule has 0 spiro atoms. The maximum Gasteiger partial charge on any atom is 0.391 e. The third kappa shape index (κ3) is 3.41. The fourth-order valence-electron chi connectivity index (χ4n) is 2.05. The molecule has 0 radical (unpaired) electrons. The molecule has 3 nitrogen and oxygen atoms in total. The molecule has 0 aromatic heterocycles. The molecule has 0 saturated heterocycles. The van der Waals surface area contributed by atoms with E-state index in [1.807, 2.05) is 18.2 Å². The van der Waals surface area contributed by atoms with Gasteiger partial charge in [-0.1, -0.05) is 32.0 Å². The minimum absolute atomic E-state index is 0.319. The first-order chi connectivity index (χ1) is 8.08. The van der Waals surface area contributed by atoms with Gasteiger partial charge >= 0.3 is 8.60 Å². The number of hydrogen-bond acceptors (Lipinski definition) is 3. The lowest BCUT2D eigenvalue weighted by molar-refractivity contribution is 0.370. The second kappa shape index (κ2) is 5.34. The Hall–Kier alpha value is -0.630. The van der Waals surface area contributed by atoms with E-state index in [1.165, 1.54) is 12.8 Å².